The van der Waals surface area contributed by atoms with Crippen LogP contribution in [0, 0.1) is 0 Å². The average molecular weight is 145 g/mol. The fraction of sp³-hybridized carbons (Fsp3) is 0.333. The summed E-state index contributed by atoms with van der Waals surface area (Å²) in [5, 5.41) is 0. The van der Waals surface area contributed by atoms with Crippen LogP contribution >= 0.6 is 0 Å². The largest absolute Gasteiger partial charge is 0.103 e. The van der Waals surface area contributed by atoms with E-state index in [-0.39, 0.29) is 19.5 Å². The number of rotatable bonds is 0. The molecule has 0 heterocycles. The van der Waals surface area contributed by atoms with Crippen molar-refractivity contribution < 1.29 is 19.5 Å². The maximum absolute atomic E-state index is 3.36. The van der Waals surface area contributed by atoms with Crippen molar-refractivity contribution in [1.29, 1.82) is 0 Å². The molecule has 0 unspecified atom stereocenters. The van der Waals surface area contributed by atoms with E-state index in [0.717, 1.165) is 0 Å². The first-order chi connectivity index (χ1) is 1.41. The van der Waals surface area contributed by atoms with Gasteiger partial charge in [0.05, 0.1) is 0 Å². The molecule has 27 valence electrons. The van der Waals surface area contributed by atoms with Gasteiger partial charge in [0, 0.05) is 19.5 Å². The Morgan fingerprint density at radius 3 is 1.75 bits per heavy atom. The molecule has 0 aliphatic carbocycles. The fourth-order valence-corrected chi connectivity index (χ4v) is 0. The summed E-state index contributed by atoms with van der Waals surface area (Å²) in [5.74, 6) is 0. The van der Waals surface area contributed by atoms with Gasteiger partial charge in [-0.25, -0.2) is 0 Å². The zero-order valence-electron chi connectivity index (χ0n) is 2.62. The van der Waals surface area contributed by atoms with Crippen LogP contribution in [0.5, 0.6) is 0 Å². The maximum Gasteiger partial charge on any atom is 0 e. The smallest absolute Gasteiger partial charge is 0 e. The van der Waals surface area contributed by atoms with Gasteiger partial charge in [0.2, 0.25) is 0 Å². The summed E-state index contributed by atoms with van der Waals surface area (Å²) in [7, 11) is 0. The van der Waals surface area contributed by atoms with Gasteiger partial charge in [-0.2, -0.15) is 0 Å². The van der Waals surface area contributed by atoms with Crippen LogP contribution in [0.2, 0.25) is 0 Å². The van der Waals surface area contributed by atoms with Gasteiger partial charge in [0.15, 0.2) is 0 Å². The molecule has 0 bridgehead atoms. The molecule has 0 aliphatic heterocycles. The summed E-state index contributed by atoms with van der Waals surface area (Å²) in [5.41, 5.74) is 0. The summed E-state index contributed by atoms with van der Waals surface area (Å²) >= 11 is 0. The van der Waals surface area contributed by atoms with Crippen LogP contribution in [-0.2, 0) is 19.5 Å². The Balaban J connectivity index is 0. The Hall–Kier alpha value is 0.363. The second kappa shape index (κ2) is 10.1. The van der Waals surface area contributed by atoms with E-state index < -0.39 is 0 Å². The Morgan fingerprint density at radius 1 is 1.75 bits per heavy atom. The van der Waals surface area contributed by atoms with Crippen molar-refractivity contribution >= 4 is 0 Å². The first kappa shape index (κ1) is 8.84. The number of hydrogen-bond acceptors (Lipinski definition) is 0. The minimum Gasteiger partial charge on any atom is -0.103 e. The Morgan fingerprint density at radius 2 is 1.75 bits per heavy atom. The standard InChI is InChI=1S/C3H6.Rh/c1-3-2;/h3H,1H2,2H3;. The molecule has 0 saturated heterocycles. The molecular weight excluding hydrogens is 139 g/mol. The molecule has 0 N–H and O–H groups in total. The van der Waals surface area contributed by atoms with Crippen LogP contribution in [0.25, 0.3) is 0 Å². The van der Waals surface area contributed by atoms with E-state index in [0.29, 0.717) is 0 Å². The van der Waals surface area contributed by atoms with Crippen LogP contribution in [0.15, 0.2) is 12.7 Å². The minimum atomic E-state index is 0. The van der Waals surface area contributed by atoms with Gasteiger partial charge >= 0.3 is 0 Å². The fourth-order valence-electron chi connectivity index (χ4n) is 0. The zero-order valence-corrected chi connectivity index (χ0v) is 4.26. The summed E-state index contributed by atoms with van der Waals surface area (Å²) in [4.78, 5) is 0. The Labute approximate surface area is 39.7 Å². The summed E-state index contributed by atoms with van der Waals surface area (Å²) in [6.45, 7) is 5.25. The van der Waals surface area contributed by atoms with Gasteiger partial charge in [0.25, 0.3) is 0 Å². The molecule has 0 rings (SSSR count). The van der Waals surface area contributed by atoms with E-state index in [1.54, 1.807) is 6.08 Å². The van der Waals surface area contributed by atoms with Gasteiger partial charge in [-0.05, 0) is 6.92 Å². The van der Waals surface area contributed by atoms with Gasteiger partial charge in [-0.1, -0.05) is 6.08 Å². The van der Waals surface area contributed by atoms with Crippen LogP contribution in [0.3, 0.4) is 0 Å². The van der Waals surface area contributed by atoms with E-state index in [4.69, 9.17) is 0 Å². The molecule has 0 atom stereocenters. The molecule has 0 nitrogen and oxygen atoms in total. The van der Waals surface area contributed by atoms with Crippen LogP contribution in [-0.4, -0.2) is 0 Å². The van der Waals surface area contributed by atoms with E-state index >= 15 is 0 Å². The van der Waals surface area contributed by atoms with Crippen molar-refractivity contribution in [2.75, 3.05) is 0 Å². The zero-order chi connectivity index (χ0) is 2.71. The third kappa shape index (κ3) is 33.3. The van der Waals surface area contributed by atoms with Gasteiger partial charge in [-0.15, -0.1) is 6.58 Å². The van der Waals surface area contributed by atoms with Crippen molar-refractivity contribution in [2.45, 2.75) is 6.92 Å². The Bertz CT molecular complexity index is 10.8. The van der Waals surface area contributed by atoms with Gasteiger partial charge in [-0.3, -0.25) is 0 Å². The molecule has 0 aliphatic rings. The van der Waals surface area contributed by atoms with E-state index in [1.807, 2.05) is 6.92 Å². The van der Waals surface area contributed by atoms with E-state index in [1.165, 1.54) is 0 Å². The van der Waals surface area contributed by atoms with E-state index in [2.05, 4.69) is 6.58 Å². The molecule has 4 heavy (non-hydrogen) atoms. The quantitative estimate of drug-likeness (QED) is 0.354. The van der Waals surface area contributed by atoms with Gasteiger partial charge in [0.1, 0.15) is 0 Å². The van der Waals surface area contributed by atoms with Crippen molar-refractivity contribution in [3.63, 3.8) is 0 Å². The number of allylic oxidation sites excluding steroid dienone is 1. The summed E-state index contributed by atoms with van der Waals surface area (Å²) < 4.78 is 0. The molecule has 0 fully saturated rings. The van der Waals surface area contributed by atoms with E-state index in [9.17, 15) is 0 Å². The first-order valence-corrected chi connectivity index (χ1v) is 0.986. The molecule has 1 heteroatoms. The number of hydrogen-bond donors (Lipinski definition) is 0. The molecule has 0 aromatic rings. The average Bonchev–Trinajstić information content (AvgIpc) is 0.918. The van der Waals surface area contributed by atoms with Crippen molar-refractivity contribution in [2.24, 2.45) is 0 Å². The molecule has 1 radical (unpaired) electrons. The topological polar surface area (TPSA) is 0 Å². The maximum atomic E-state index is 3.36. The molecule has 0 aromatic heterocycles. The van der Waals surface area contributed by atoms with Crippen molar-refractivity contribution in [3.05, 3.63) is 12.7 Å². The third-order valence-electron chi connectivity index (χ3n) is 0. The molecule has 0 spiro atoms. The molecule has 0 amide bonds. The van der Waals surface area contributed by atoms with Gasteiger partial charge < -0.3 is 0 Å². The predicted molar refractivity (Wildman–Crippen MR) is 15.9 cm³/mol. The predicted octanol–water partition coefficient (Wildman–Crippen LogP) is 1.19. The Kier molecular flexibility index (Phi) is 22.3. The van der Waals surface area contributed by atoms with Crippen LogP contribution < -0.4 is 0 Å². The second-order valence-electron chi connectivity index (χ2n) is 0.408. The van der Waals surface area contributed by atoms with Crippen molar-refractivity contribution in [3.8, 4) is 0 Å². The normalized spacial score (nSPS) is 3.25. The monoisotopic (exact) mass is 145 g/mol. The molecule has 0 saturated carbocycles. The summed E-state index contributed by atoms with van der Waals surface area (Å²) in [6, 6.07) is 0. The van der Waals surface area contributed by atoms with Crippen molar-refractivity contribution in [1.82, 2.24) is 0 Å². The third-order valence-corrected chi connectivity index (χ3v) is 0. The van der Waals surface area contributed by atoms with Crippen LogP contribution in [0.4, 0.5) is 0 Å². The minimum absolute atomic E-state index is 0. The molecular formula is C3H6Rh. The second-order valence-corrected chi connectivity index (χ2v) is 0.408. The molecule has 0 aromatic carbocycles. The first-order valence-electron chi connectivity index (χ1n) is 0.986. The SMILES string of the molecule is C=CC.[Rh]. The van der Waals surface area contributed by atoms with Crippen LogP contribution in [0.1, 0.15) is 6.92 Å². The summed E-state index contributed by atoms with van der Waals surface area (Å²) in [6.07, 6.45) is 1.75.